The number of fused-ring (bicyclic) bond motifs is 1. The van der Waals surface area contributed by atoms with E-state index in [0.717, 1.165) is 17.1 Å². The molecule has 2 aromatic carbocycles. The lowest BCUT2D eigenvalue weighted by molar-refractivity contribution is -0.385. The van der Waals surface area contributed by atoms with E-state index in [1.807, 2.05) is 24.3 Å². The number of hydrogen-bond donors (Lipinski definition) is 1. The highest BCUT2D eigenvalue weighted by atomic mass is 32.2. The average Bonchev–Trinajstić information content (AvgIpc) is 2.90. The Kier molecular flexibility index (Phi) is 4.27. The maximum atomic E-state index is 12.6. The third kappa shape index (κ3) is 3.24. The molecule has 25 heavy (non-hydrogen) atoms. The summed E-state index contributed by atoms with van der Waals surface area (Å²) in [5, 5.41) is 10.9. The quantitative estimate of drug-likeness (QED) is 0.555. The zero-order valence-corrected chi connectivity index (χ0v) is 14.4. The number of para-hydroxylation sites is 2. The van der Waals surface area contributed by atoms with Gasteiger partial charge in [0.25, 0.3) is 5.69 Å². The molecule has 0 fully saturated rings. The molecule has 9 heteroatoms. The molecule has 0 bridgehead atoms. The summed E-state index contributed by atoms with van der Waals surface area (Å²) in [6, 6.07) is 11.2. The van der Waals surface area contributed by atoms with Crippen LogP contribution in [0.4, 0.5) is 5.69 Å². The molecule has 0 radical (unpaired) electrons. The first kappa shape index (κ1) is 17.1. The Hall–Kier alpha value is -2.78. The van der Waals surface area contributed by atoms with Crippen LogP contribution in [0.5, 0.6) is 0 Å². The van der Waals surface area contributed by atoms with Gasteiger partial charge in [0.2, 0.25) is 10.0 Å². The van der Waals surface area contributed by atoms with E-state index in [-0.39, 0.29) is 17.1 Å². The lowest BCUT2D eigenvalue weighted by atomic mass is 10.2. The van der Waals surface area contributed by atoms with E-state index in [9.17, 15) is 18.5 Å². The fourth-order valence-corrected chi connectivity index (χ4v) is 3.83. The molecule has 1 N–H and O–H groups in total. The number of nitro benzene ring substituents is 1. The normalized spacial score (nSPS) is 11.8. The van der Waals surface area contributed by atoms with Gasteiger partial charge in [-0.15, -0.1) is 0 Å². The molecule has 1 heterocycles. The predicted molar refractivity (Wildman–Crippen MR) is 92.6 cm³/mol. The first-order chi connectivity index (χ1) is 11.8. The third-order valence-corrected chi connectivity index (χ3v) is 5.52. The highest BCUT2D eigenvalue weighted by molar-refractivity contribution is 7.89. The minimum atomic E-state index is -3.91. The summed E-state index contributed by atoms with van der Waals surface area (Å²) in [7, 11) is -2.10. The molecule has 130 valence electrons. The molecule has 0 aliphatic heterocycles. The van der Waals surface area contributed by atoms with Crippen molar-refractivity contribution in [3.63, 3.8) is 0 Å². The minimum Gasteiger partial charge on any atom is -0.330 e. The number of nitrogens with zero attached hydrogens (tertiary/aromatic N) is 3. The van der Waals surface area contributed by atoms with Crippen LogP contribution in [0.25, 0.3) is 11.0 Å². The van der Waals surface area contributed by atoms with Crippen molar-refractivity contribution in [1.82, 2.24) is 14.3 Å². The molecule has 0 saturated carbocycles. The van der Waals surface area contributed by atoms with Crippen LogP contribution in [0.15, 0.2) is 47.4 Å². The number of hydrogen-bond acceptors (Lipinski definition) is 5. The maximum Gasteiger partial charge on any atom is 0.270 e. The largest absolute Gasteiger partial charge is 0.330 e. The zero-order chi connectivity index (χ0) is 18.2. The number of nitro groups is 1. The van der Waals surface area contributed by atoms with Crippen LogP contribution < -0.4 is 4.72 Å². The summed E-state index contributed by atoms with van der Waals surface area (Å²) < 4.78 is 29.4. The molecule has 0 amide bonds. The Balaban J connectivity index is 1.90. The summed E-state index contributed by atoms with van der Waals surface area (Å²) in [5.41, 5.74) is 1.82. The van der Waals surface area contributed by atoms with Crippen LogP contribution in [-0.4, -0.2) is 22.9 Å². The van der Waals surface area contributed by atoms with Crippen LogP contribution in [-0.2, 0) is 23.6 Å². The fraction of sp³-hybridized carbons (Fsp3) is 0.188. The molecule has 0 aliphatic carbocycles. The molecular weight excluding hydrogens is 344 g/mol. The maximum absolute atomic E-state index is 12.6. The summed E-state index contributed by atoms with van der Waals surface area (Å²) >= 11 is 0. The number of non-ortho nitro benzene ring substituents is 1. The SMILES string of the molecule is Cc1ccc([N+](=O)[O-])cc1S(=O)(=O)NCc1nc2ccccc2n1C. The highest BCUT2D eigenvalue weighted by Gasteiger charge is 2.21. The Morgan fingerprint density at radius 2 is 1.96 bits per heavy atom. The Morgan fingerprint density at radius 1 is 1.24 bits per heavy atom. The minimum absolute atomic E-state index is 0.0182. The second-order valence-corrected chi connectivity index (χ2v) is 7.34. The van der Waals surface area contributed by atoms with Gasteiger partial charge in [-0.25, -0.2) is 18.1 Å². The number of aromatic nitrogens is 2. The molecule has 0 saturated heterocycles. The second kappa shape index (κ2) is 6.26. The van der Waals surface area contributed by atoms with Crippen molar-refractivity contribution in [3.05, 3.63) is 64.0 Å². The number of imidazole rings is 1. The van der Waals surface area contributed by atoms with E-state index >= 15 is 0 Å². The van der Waals surface area contributed by atoms with E-state index in [1.165, 1.54) is 12.1 Å². The van der Waals surface area contributed by atoms with Gasteiger partial charge in [0.15, 0.2) is 0 Å². The Morgan fingerprint density at radius 3 is 2.64 bits per heavy atom. The average molecular weight is 360 g/mol. The molecule has 0 aliphatic rings. The molecule has 3 aromatic rings. The topological polar surface area (TPSA) is 107 Å². The van der Waals surface area contributed by atoms with Crippen LogP contribution in [0.2, 0.25) is 0 Å². The summed E-state index contributed by atoms with van der Waals surface area (Å²) in [6.07, 6.45) is 0. The van der Waals surface area contributed by atoms with Crippen LogP contribution >= 0.6 is 0 Å². The van der Waals surface area contributed by atoms with Crippen LogP contribution in [0.1, 0.15) is 11.4 Å². The van der Waals surface area contributed by atoms with Crippen LogP contribution in [0, 0.1) is 17.0 Å². The molecular formula is C16H16N4O4S. The lowest BCUT2D eigenvalue weighted by Crippen LogP contribution is -2.25. The van der Waals surface area contributed by atoms with Gasteiger partial charge in [0, 0.05) is 19.2 Å². The summed E-state index contributed by atoms with van der Waals surface area (Å²) in [6.45, 7) is 1.57. The van der Waals surface area contributed by atoms with Gasteiger partial charge in [0.1, 0.15) is 5.82 Å². The lowest BCUT2D eigenvalue weighted by Gasteiger charge is -2.09. The van der Waals surface area contributed by atoms with Crippen molar-refractivity contribution in [2.24, 2.45) is 7.05 Å². The van der Waals surface area contributed by atoms with Gasteiger partial charge in [0.05, 0.1) is 27.4 Å². The Labute approximate surface area is 144 Å². The van der Waals surface area contributed by atoms with Gasteiger partial charge in [-0.3, -0.25) is 10.1 Å². The van der Waals surface area contributed by atoms with Gasteiger partial charge in [-0.1, -0.05) is 18.2 Å². The summed E-state index contributed by atoms with van der Waals surface area (Å²) in [5.74, 6) is 0.549. The van der Waals surface area contributed by atoms with Crippen molar-refractivity contribution in [2.75, 3.05) is 0 Å². The van der Waals surface area contributed by atoms with Gasteiger partial charge in [-0.05, 0) is 24.6 Å². The molecule has 0 spiro atoms. The van der Waals surface area contributed by atoms with Crippen LogP contribution in [0.3, 0.4) is 0 Å². The predicted octanol–water partition coefficient (Wildman–Crippen LogP) is 2.27. The van der Waals surface area contributed by atoms with Crippen molar-refractivity contribution in [2.45, 2.75) is 18.4 Å². The van der Waals surface area contributed by atoms with E-state index in [0.29, 0.717) is 11.4 Å². The number of rotatable bonds is 5. The van der Waals surface area contributed by atoms with Gasteiger partial charge < -0.3 is 4.57 Å². The molecule has 0 unspecified atom stereocenters. The van der Waals surface area contributed by atoms with E-state index in [1.54, 1.807) is 18.5 Å². The third-order valence-electron chi connectivity index (χ3n) is 3.97. The van der Waals surface area contributed by atoms with Crippen molar-refractivity contribution >= 4 is 26.7 Å². The highest BCUT2D eigenvalue weighted by Crippen LogP contribution is 2.22. The first-order valence-electron chi connectivity index (χ1n) is 7.44. The fourth-order valence-electron chi connectivity index (χ4n) is 2.58. The molecule has 0 atom stereocenters. The zero-order valence-electron chi connectivity index (χ0n) is 13.6. The second-order valence-electron chi connectivity index (χ2n) is 5.61. The monoisotopic (exact) mass is 360 g/mol. The Bertz CT molecular complexity index is 1070. The smallest absolute Gasteiger partial charge is 0.270 e. The number of nitrogens with one attached hydrogen (secondary N) is 1. The summed E-state index contributed by atoms with van der Waals surface area (Å²) in [4.78, 5) is 14.6. The van der Waals surface area contributed by atoms with E-state index < -0.39 is 14.9 Å². The van der Waals surface area contributed by atoms with Crippen molar-refractivity contribution in [1.29, 1.82) is 0 Å². The number of aryl methyl sites for hydroxylation is 2. The van der Waals surface area contributed by atoms with Crippen molar-refractivity contribution in [3.8, 4) is 0 Å². The van der Waals surface area contributed by atoms with Crippen molar-refractivity contribution < 1.29 is 13.3 Å². The van der Waals surface area contributed by atoms with Gasteiger partial charge in [-0.2, -0.15) is 0 Å². The standard InChI is InChI=1S/C16H16N4O4S/c1-11-7-8-12(20(21)22)9-15(11)25(23,24)17-10-16-18-13-5-3-4-6-14(13)19(16)2/h3-9,17H,10H2,1-2H3. The molecule has 1 aromatic heterocycles. The number of benzene rings is 2. The van der Waals surface area contributed by atoms with Gasteiger partial charge >= 0.3 is 0 Å². The number of sulfonamides is 1. The molecule has 8 nitrogen and oxygen atoms in total. The first-order valence-corrected chi connectivity index (χ1v) is 8.93. The van der Waals surface area contributed by atoms with E-state index in [2.05, 4.69) is 9.71 Å². The van der Waals surface area contributed by atoms with E-state index in [4.69, 9.17) is 0 Å². The molecule has 3 rings (SSSR count).